The molecule has 22 heavy (non-hydrogen) atoms. The van der Waals surface area contributed by atoms with Crippen LogP contribution in [-0.4, -0.2) is 36.0 Å². The summed E-state index contributed by atoms with van der Waals surface area (Å²) in [6, 6.07) is 0. The van der Waals surface area contributed by atoms with Gasteiger partial charge in [-0.15, -0.1) is 0 Å². The Morgan fingerprint density at radius 1 is 0.545 bits per heavy atom. The summed E-state index contributed by atoms with van der Waals surface area (Å²) >= 11 is 3.60. The number of hydrogen-bond donors (Lipinski definition) is 0. The van der Waals surface area contributed by atoms with E-state index in [1.165, 1.54) is 107 Å². The quantitative estimate of drug-likeness (QED) is 0.195. The van der Waals surface area contributed by atoms with Gasteiger partial charge >= 0.3 is 0 Å². The molecule has 0 saturated heterocycles. The van der Waals surface area contributed by atoms with Gasteiger partial charge in [0.05, 0.1) is 26.2 Å². The fraction of sp³-hybridized carbons (Fsp3) is 1.00. The number of nitrogens with zero attached hydrogens (tertiary/aromatic N) is 1. The summed E-state index contributed by atoms with van der Waals surface area (Å²) < 4.78 is 1.42. The first-order valence-corrected chi connectivity index (χ1v) is 10.8. The lowest BCUT2D eigenvalue weighted by atomic mass is 10.1. The molecule has 0 saturated carbocycles. The average molecular weight is 443 g/mol. The summed E-state index contributed by atoms with van der Waals surface area (Å²) in [6.45, 7) is 12.7. The highest BCUT2D eigenvalue weighted by atomic mass is 79.9. The van der Waals surface area contributed by atoms with E-state index >= 15 is 0 Å². The van der Waals surface area contributed by atoms with E-state index in [0.717, 1.165) is 0 Å². The monoisotopic (exact) mass is 441 g/mol. The predicted molar refractivity (Wildman–Crippen MR) is 101 cm³/mol. The Hall–Kier alpha value is 0.920. The molecule has 0 rings (SSSR count). The molecule has 0 aromatic carbocycles. The van der Waals surface area contributed by atoms with Gasteiger partial charge in [-0.25, -0.2) is 0 Å². The molecular formula is C19H41Br2N. The zero-order valence-corrected chi connectivity index (χ0v) is 18.7. The zero-order chi connectivity index (χ0) is 15.8. The van der Waals surface area contributed by atoms with E-state index in [2.05, 4.69) is 36.7 Å². The molecule has 0 aliphatic carbocycles. The number of alkyl halides is 1. The maximum Gasteiger partial charge on any atom is 0.0786 e. The first kappa shape index (κ1) is 25.2. The molecule has 1 atom stereocenters. The van der Waals surface area contributed by atoms with Gasteiger partial charge in [0.25, 0.3) is 0 Å². The van der Waals surface area contributed by atoms with Crippen molar-refractivity contribution >= 4 is 15.9 Å². The van der Waals surface area contributed by atoms with Gasteiger partial charge in [-0.2, -0.15) is 0 Å². The van der Waals surface area contributed by atoms with E-state index in [1.807, 2.05) is 0 Å². The molecule has 0 amide bonds. The molecule has 0 N–H and O–H groups in total. The molecule has 0 aromatic heterocycles. The van der Waals surface area contributed by atoms with Crippen molar-refractivity contribution in [2.75, 3.05) is 31.5 Å². The molecule has 0 fully saturated rings. The van der Waals surface area contributed by atoms with Gasteiger partial charge in [-0.1, -0.05) is 62.4 Å². The molecule has 0 radical (unpaired) electrons. The van der Waals surface area contributed by atoms with Crippen molar-refractivity contribution < 1.29 is 21.5 Å². The summed E-state index contributed by atoms with van der Waals surface area (Å²) in [5.74, 6) is 0. The number of quaternary nitrogens is 1. The zero-order valence-electron chi connectivity index (χ0n) is 15.5. The van der Waals surface area contributed by atoms with E-state index in [4.69, 9.17) is 0 Å². The van der Waals surface area contributed by atoms with Crippen molar-refractivity contribution in [3.63, 3.8) is 0 Å². The summed E-state index contributed by atoms with van der Waals surface area (Å²) in [7, 11) is 0. The maximum atomic E-state index is 3.60. The van der Waals surface area contributed by atoms with E-state index in [0.29, 0.717) is 0 Å². The Kier molecular flexibility index (Phi) is 20.9. The topological polar surface area (TPSA) is 0 Å². The Morgan fingerprint density at radius 3 is 1.45 bits per heavy atom. The first-order chi connectivity index (χ1) is 10.2. The van der Waals surface area contributed by atoms with E-state index in [1.54, 1.807) is 0 Å². The van der Waals surface area contributed by atoms with Crippen LogP contribution in [0.3, 0.4) is 0 Å². The minimum absolute atomic E-state index is 0. The summed E-state index contributed by atoms with van der Waals surface area (Å²) in [6.07, 6.45) is 15.4. The van der Waals surface area contributed by atoms with E-state index in [9.17, 15) is 0 Å². The van der Waals surface area contributed by atoms with Gasteiger partial charge in [0.1, 0.15) is 0 Å². The summed E-state index contributed by atoms with van der Waals surface area (Å²) in [4.78, 5) is 0. The van der Waals surface area contributed by atoms with Crippen LogP contribution >= 0.6 is 15.9 Å². The SMILES string of the molecule is CCCCCC[N+](CCCC)(CCCCC)CCCCBr.[Br-]. The molecule has 0 aromatic rings. The third-order valence-corrected chi connectivity index (χ3v) is 5.28. The standard InChI is InChI=1S/C19H41BrN.BrH/c1-4-7-10-13-18-21(16-9-6-3,17-12-8-5-2)19-14-11-15-20;/h4-19H2,1-3H3;1H/q+1;/p-1. The van der Waals surface area contributed by atoms with Crippen molar-refractivity contribution in [2.45, 2.75) is 91.4 Å². The van der Waals surface area contributed by atoms with Crippen LogP contribution in [0.5, 0.6) is 0 Å². The van der Waals surface area contributed by atoms with Crippen molar-refractivity contribution in [2.24, 2.45) is 0 Å². The van der Waals surface area contributed by atoms with Crippen LogP contribution in [0.4, 0.5) is 0 Å². The molecule has 0 aliphatic rings. The number of rotatable bonds is 16. The van der Waals surface area contributed by atoms with Gasteiger partial charge in [0, 0.05) is 5.33 Å². The second-order valence-electron chi connectivity index (χ2n) is 6.75. The lowest BCUT2D eigenvalue weighted by Gasteiger charge is -2.39. The van der Waals surface area contributed by atoms with Crippen LogP contribution in [0.15, 0.2) is 0 Å². The lowest BCUT2D eigenvalue weighted by Crippen LogP contribution is -3.00. The van der Waals surface area contributed by atoms with Gasteiger partial charge in [0.15, 0.2) is 0 Å². The normalized spacial score (nSPS) is 13.6. The van der Waals surface area contributed by atoms with Crippen LogP contribution in [0.25, 0.3) is 0 Å². The van der Waals surface area contributed by atoms with Gasteiger partial charge in [-0.3, -0.25) is 0 Å². The van der Waals surface area contributed by atoms with Crippen molar-refractivity contribution in [3.05, 3.63) is 0 Å². The van der Waals surface area contributed by atoms with E-state index < -0.39 is 0 Å². The summed E-state index contributed by atoms with van der Waals surface area (Å²) in [5, 5.41) is 1.17. The molecule has 0 spiro atoms. The highest BCUT2D eigenvalue weighted by Gasteiger charge is 2.25. The van der Waals surface area contributed by atoms with Crippen molar-refractivity contribution in [3.8, 4) is 0 Å². The second-order valence-corrected chi connectivity index (χ2v) is 7.55. The smallest absolute Gasteiger partial charge is 0.0786 e. The van der Waals surface area contributed by atoms with E-state index in [-0.39, 0.29) is 17.0 Å². The number of hydrogen-bond acceptors (Lipinski definition) is 0. The molecule has 1 nitrogen and oxygen atoms in total. The van der Waals surface area contributed by atoms with Gasteiger partial charge < -0.3 is 21.5 Å². The largest absolute Gasteiger partial charge is 1.00 e. The lowest BCUT2D eigenvalue weighted by molar-refractivity contribution is -0.929. The first-order valence-electron chi connectivity index (χ1n) is 9.65. The van der Waals surface area contributed by atoms with Crippen LogP contribution in [0.2, 0.25) is 0 Å². The van der Waals surface area contributed by atoms with Crippen LogP contribution in [0.1, 0.15) is 91.4 Å². The van der Waals surface area contributed by atoms with Crippen molar-refractivity contribution in [1.29, 1.82) is 0 Å². The minimum Gasteiger partial charge on any atom is -1.00 e. The molecule has 1 unspecified atom stereocenters. The third kappa shape index (κ3) is 13.4. The predicted octanol–water partition coefficient (Wildman–Crippen LogP) is 3.55. The average Bonchev–Trinajstić information content (AvgIpc) is 2.50. The van der Waals surface area contributed by atoms with Gasteiger partial charge in [-0.05, 0) is 44.9 Å². The fourth-order valence-electron chi connectivity index (χ4n) is 3.28. The highest BCUT2D eigenvalue weighted by molar-refractivity contribution is 9.09. The Bertz CT molecular complexity index is 200. The molecule has 3 heteroatoms. The van der Waals surface area contributed by atoms with Gasteiger partial charge in [0.2, 0.25) is 0 Å². The fourth-order valence-corrected chi connectivity index (χ4v) is 3.67. The maximum absolute atomic E-state index is 3.60. The van der Waals surface area contributed by atoms with Crippen molar-refractivity contribution in [1.82, 2.24) is 0 Å². The summed E-state index contributed by atoms with van der Waals surface area (Å²) in [5.41, 5.74) is 0. The van der Waals surface area contributed by atoms with Crippen LogP contribution in [0, 0.1) is 0 Å². The second kappa shape index (κ2) is 18.3. The molecule has 0 aliphatic heterocycles. The molecule has 136 valence electrons. The molecular weight excluding hydrogens is 402 g/mol. The molecule has 0 bridgehead atoms. The number of unbranched alkanes of at least 4 members (excludes halogenated alkanes) is 7. The highest BCUT2D eigenvalue weighted by Crippen LogP contribution is 2.18. The minimum atomic E-state index is 0. The number of halogens is 2. The Labute approximate surface area is 160 Å². The third-order valence-electron chi connectivity index (χ3n) is 4.72. The van der Waals surface area contributed by atoms with Crippen LogP contribution < -0.4 is 17.0 Å². The Balaban J connectivity index is 0. The van der Waals surface area contributed by atoms with Crippen LogP contribution in [-0.2, 0) is 0 Å². The Morgan fingerprint density at radius 2 is 0.955 bits per heavy atom. The molecule has 0 heterocycles.